The maximum Gasteiger partial charge on any atom is 0.0547 e. The molecule has 0 saturated heterocycles. The molecule has 0 spiro atoms. The first-order valence-corrected chi connectivity index (χ1v) is 16.8. The summed E-state index contributed by atoms with van der Waals surface area (Å²) in [6.45, 7) is 4.75. The number of fused-ring (bicyclic) bond motifs is 12. The summed E-state index contributed by atoms with van der Waals surface area (Å²) in [7, 11) is 2.16. The van der Waals surface area contributed by atoms with E-state index in [0.717, 1.165) is 0 Å². The zero-order chi connectivity index (χ0) is 32.1. The Bertz CT molecular complexity index is 2720. The van der Waals surface area contributed by atoms with Gasteiger partial charge < -0.3 is 9.47 Å². The highest BCUT2D eigenvalue weighted by atomic mass is 15.1. The average molecular weight is 615 g/mol. The van der Waals surface area contributed by atoms with Crippen molar-refractivity contribution in [3.8, 4) is 16.8 Å². The lowest BCUT2D eigenvalue weighted by Gasteiger charge is -2.22. The van der Waals surface area contributed by atoms with Crippen LogP contribution in [0.15, 0.2) is 152 Å². The van der Waals surface area contributed by atoms with Gasteiger partial charge in [0.05, 0.1) is 16.7 Å². The maximum atomic E-state index is 2.54. The van der Waals surface area contributed by atoms with Gasteiger partial charge in [0, 0.05) is 40.0 Å². The summed E-state index contributed by atoms with van der Waals surface area (Å²) in [5, 5.41) is 10.3. The molecular weight excluding hydrogens is 581 g/mol. The van der Waals surface area contributed by atoms with Crippen LogP contribution in [0.1, 0.15) is 25.0 Å². The van der Waals surface area contributed by atoms with E-state index < -0.39 is 0 Å². The fraction of sp³-hybridized carbons (Fsp3) is 0.0870. The van der Waals surface area contributed by atoms with Gasteiger partial charge in [-0.1, -0.05) is 117 Å². The van der Waals surface area contributed by atoms with Crippen molar-refractivity contribution in [2.45, 2.75) is 19.3 Å². The molecule has 0 aliphatic heterocycles. The van der Waals surface area contributed by atoms with Crippen molar-refractivity contribution in [2.75, 3.05) is 11.9 Å². The summed E-state index contributed by atoms with van der Waals surface area (Å²) in [5.74, 6) is 0. The molecule has 48 heavy (non-hydrogen) atoms. The lowest BCUT2D eigenvalue weighted by atomic mass is 9.82. The predicted molar refractivity (Wildman–Crippen MR) is 205 cm³/mol. The van der Waals surface area contributed by atoms with Crippen LogP contribution in [0.5, 0.6) is 0 Å². The number of para-hydroxylation sites is 1. The third-order valence-electron chi connectivity index (χ3n) is 11.0. The topological polar surface area (TPSA) is 8.17 Å². The molecule has 1 heterocycles. The van der Waals surface area contributed by atoms with Crippen molar-refractivity contribution in [1.29, 1.82) is 0 Å². The van der Waals surface area contributed by atoms with Gasteiger partial charge in [-0.05, 0) is 97.7 Å². The first-order valence-electron chi connectivity index (χ1n) is 16.8. The Morgan fingerprint density at radius 1 is 0.438 bits per heavy atom. The molecule has 0 amide bonds. The second-order valence-electron chi connectivity index (χ2n) is 13.8. The van der Waals surface area contributed by atoms with Crippen LogP contribution < -0.4 is 4.90 Å². The standard InChI is InChI=1S/C46H34N2/c1-46(2)40-22-12-11-19-34(40)37-27-39-38-26-30(47(3)29-14-5-4-6-15-29)24-25-42(38)48(44(39)28-41(37)46)43-23-13-21-36-33-17-8-7-16-31(33)32-18-9-10-20-35(32)45(36)43/h4-28H,1-3H3. The van der Waals surface area contributed by atoms with Crippen LogP contribution in [0.3, 0.4) is 0 Å². The summed E-state index contributed by atoms with van der Waals surface area (Å²) < 4.78 is 2.54. The van der Waals surface area contributed by atoms with Crippen molar-refractivity contribution in [3.05, 3.63) is 163 Å². The van der Waals surface area contributed by atoms with E-state index in [1.807, 2.05) is 0 Å². The lowest BCUT2D eigenvalue weighted by Crippen LogP contribution is -2.15. The quantitative estimate of drug-likeness (QED) is 0.180. The number of anilines is 2. The van der Waals surface area contributed by atoms with E-state index in [-0.39, 0.29) is 5.41 Å². The normalized spacial score (nSPS) is 13.5. The minimum atomic E-state index is -0.0955. The number of hydrogen-bond acceptors (Lipinski definition) is 1. The molecule has 0 saturated carbocycles. The zero-order valence-electron chi connectivity index (χ0n) is 27.3. The van der Waals surface area contributed by atoms with Gasteiger partial charge in [-0.25, -0.2) is 0 Å². The number of aromatic nitrogens is 1. The predicted octanol–water partition coefficient (Wildman–Crippen LogP) is 12.3. The van der Waals surface area contributed by atoms with Crippen molar-refractivity contribution in [3.63, 3.8) is 0 Å². The van der Waals surface area contributed by atoms with Gasteiger partial charge in [0.1, 0.15) is 0 Å². The molecule has 2 nitrogen and oxygen atoms in total. The van der Waals surface area contributed by atoms with Gasteiger partial charge in [-0.15, -0.1) is 0 Å². The number of rotatable bonds is 3. The van der Waals surface area contributed by atoms with Crippen LogP contribution >= 0.6 is 0 Å². The minimum Gasteiger partial charge on any atom is -0.345 e. The van der Waals surface area contributed by atoms with Gasteiger partial charge in [0.2, 0.25) is 0 Å². The highest BCUT2D eigenvalue weighted by Gasteiger charge is 2.36. The zero-order valence-corrected chi connectivity index (χ0v) is 27.3. The van der Waals surface area contributed by atoms with E-state index in [0.29, 0.717) is 0 Å². The summed E-state index contributed by atoms with van der Waals surface area (Å²) in [5.41, 5.74) is 11.4. The van der Waals surface area contributed by atoms with Crippen LogP contribution in [0.2, 0.25) is 0 Å². The molecule has 0 atom stereocenters. The fourth-order valence-electron chi connectivity index (χ4n) is 8.59. The first-order chi connectivity index (χ1) is 23.5. The Balaban J connectivity index is 1.36. The SMILES string of the molecule is CN(c1ccccc1)c1ccc2c(c1)c1cc3c(cc1n2-c1cccc2c4ccccc4c4ccccc4c12)C(C)(C)c1ccccc1-3. The highest BCUT2D eigenvalue weighted by Crippen LogP contribution is 2.51. The summed E-state index contributed by atoms with van der Waals surface area (Å²) in [6.07, 6.45) is 0. The molecule has 9 aromatic rings. The monoisotopic (exact) mass is 614 g/mol. The van der Waals surface area contributed by atoms with Crippen molar-refractivity contribution in [2.24, 2.45) is 0 Å². The van der Waals surface area contributed by atoms with E-state index in [1.165, 1.54) is 93.4 Å². The van der Waals surface area contributed by atoms with E-state index >= 15 is 0 Å². The largest absolute Gasteiger partial charge is 0.345 e. The molecule has 2 heteroatoms. The molecule has 0 N–H and O–H groups in total. The molecule has 0 fully saturated rings. The smallest absolute Gasteiger partial charge is 0.0547 e. The molecular formula is C46H34N2. The van der Waals surface area contributed by atoms with Crippen LogP contribution in [0.25, 0.3) is 70.9 Å². The van der Waals surface area contributed by atoms with Gasteiger partial charge in [-0.2, -0.15) is 0 Å². The van der Waals surface area contributed by atoms with E-state index in [2.05, 4.69) is 182 Å². The number of benzene rings is 8. The van der Waals surface area contributed by atoms with Gasteiger partial charge in [0.15, 0.2) is 0 Å². The third-order valence-corrected chi connectivity index (χ3v) is 11.0. The molecule has 0 unspecified atom stereocenters. The Kier molecular flexibility index (Phi) is 5.58. The summed E-state index contributed by atoms with van der Waals surface area (Å²) >= 11 is 0. The molecule has 8 aromatic carbocycles. The van der Waals surface area contributed by atoms with Gasteiger partial charge in [-0.3, -0.25) is 0 Å². The first kappa shape index (κ1) is 27.3. The Labute approximate surface area is 280 Å². The van der Waals surface area contributed by atoms with Crippen LogP contribution in [-0.2, 0) is 5.41 Å². The van der Waals surface area contributed by atoms with Crippen molar-refractivity contribution < 1.29 is 0 Å². The highest BCUT2D eigenvalue weighted by molar-refractivity contribution is 6.28. The van der Waals surface area contributed by atoms with Crippen LogP contribution in [-0.4, -0.2) is 11.6 Å². The molecule has 10 rings (SSSR count). The maximum absolute atomic E-state index is 2.54. The number of nitrogens with zero attached hydrogens (tertiary/aromatic N) is 2. The third kappa shape index (κ3) is 3.63. The van der Waals surface area contributed by atoms with Crippen LogP contribution in [0, 0.1) is 0 Å². The second kappa shape index (κ2) is 9.82. The summed E-state index contributed by atoms with van der Waals surface area (Å²) in [6, 6.07) is 56.2. The Hall–Kier alpha value is -5.86. The van der Waals surface area contributed by atoms with E-state index in [1.54, 1.807) is 0 Å². The fourth-order valence-corrected chi connectivity index (χ4v) is 8.59. The van der Waals surface area contributed by atoms with Crippen LogP contribution in [0.4, 0.5) is 11.4 Å². The molecule has 1 aliphatic rings. The van der Waals surface area contributed by atoms with Crippen molar-refractivity contribution in [1.82, 2.24) is 4.57 Å². The number of hydrogen-bond donors (Lipinski definition) is 0. The van der Waals surface area contributed by atoms with Crippen molar-refractivity contribution >= 4 is 65.5 Å². The van der Waals surface area contributed by atoms with E-state index in [9.17, 15) is 0 Å². The van der Waals surface area contributed by atoms with E-state index in [4.69, 9.17) is 0 Å². The Morgan fingerprint density at radius 2 is 1.04 bits per heavy atom. The molecule has 0 radical (unpaired) electrons. The molecule has 0 bridgehead atoms. The second-order valence-corrected chi connectivity index (χ2v) is 13.8. The molecule has 1 aliphatic carbocycles. The van der Waals surface area contributed by atoms with Gasteiger partial charge >= 0.3 is 0 Å². The summed E-state index contributed by atoms with van der Waals surface area (Å²) in [4.78, 5) is 2.28. The lowest BCUT2D eigenvalue weighted by molar-refractivity contribution is 0.661. The minimum absolute atomic E-state index is 0.0955. The Morgan fingerprint density at radius 3 is 1.79 bits per heavy atom. The molecule has 228 valence electrons. The van der Waals surface area contributed by atoms with Gasteiger partial charge in [0.25, 0.3) is 0 Å². The molecule has 1 aromatic heterocycles. The average Bonchev–Trinajstić information content (AvgIpc) is 3.58.